The van der Waals surface area contributed by atoms with Crippen LogP contribution >= 0.6 is 0 Å². The summed E-state index contributed by atoms with van der Waals surface area (Å²) in [6, 6.07) is 11.3. The van der Waals surface area contributed by atoms with E-state index >= 15 is 0 Å². The molecule has 1 N–H and O–H groups in total. The Hall–Kier alpha value is -4.55. The van der Waals surface area contributed by atoms with Crippen molar-refractivity contribution in [3.05, 3.63) is 88.2 Å². The van der Waals surface area contributed by atoms with Crippen LogP contribution < -0.4 is 10.5 Å². The number of ether oxygens (including phenoxy) is 1. The fourth-order valence-corrected chi connectivity index (χ4v) is 6.53. The van der Waals surface area contributed by atoms with Crippen LogP contribution in [0.1, 0.15) is 16.7 Å². The number of morpholine rings is 1. The van der Waals surface area contributed by atoms with E-state index in [0.717, 1.165) is 15.1 Å². The van der Waals surface area contributed by atoms with Crippen molar-refractivity contribution < 1.29 is 18.3 Å². The number of nitrogens with zero attached hydrogens (tertiary/aromatic N) is 6. The van der Waals surface area contributed by atoms with Crippen molar-refractivity contribution in [3.8, 4) is 22.7 Å². The van der Waals surface area contributed by atoms with Gasteiger partial charge in [0.15, 0.2) is 5.65 Å². The molecule has 11 nitrogen and oxygen atoms in total. The fourth-order valence-electron chi connectivity index (χ4n) is 5.05. The van der Waals surface area contributed by atoms with Gasteiger partial charge in [-0.05, 0) is 50.6 Å². The summed E-state index contributed by atoms with van der Waals surface area (Å²) in [5.41, 5.74) is 2.78. The minimum Gasteiger partial charge on any atom is -0.508 e. The summed E-state index contributed by atoms with van der Waals surface area (Å²) in [6.45, 7) is 7.85. The lowest BCUT2D eigenvalue weighted by Crippen LogP contribution is -2.37. The van der Waals surface area contributed by atoms with Gasteiger partial charge in [-0.1, -0.05) is 23.8 Å². The molecule has 12 heteroatoms. The van der Waals surface area contributed by atoms with Crippen molar-refractivity contribution in [2.45, 2.75) is 25.7 Å². The maximum atomic E-state index is 14.1. The summed E-state index contributed by atoms with van der Waals surface area (Å²) in [7, 11) is -4.18. The van der Waals surface area contributed by atoms with Crippen molar-refractivity contribution in [1.82, 2.24) is 23.5 Å². The van der Waals surface area contributed by atoms with Crippen molar-refractivity contribution in [3.63, 3.8) is 0 Å². The van der Waals surface area contributed by atoms with Crippen LogP contribution in [-0.2, 0) is 14.8 Å². The molecule has 2 aromatic carbocycles. The number of phenols is 1. The smallest absolute Gasteiger partial charge is 0.269 e. The molecule has 3 aromatic heterocycles. The Morgan fingerprint density at radius 2 is 1.61 bits per heavy atom. The number of aromatic hydroxyl groups is 1. The number of hydrogen-bond acceptors (Lipinski definition) is 9. The molecule has 4 heterocycles. The quantitative estimate of drug-likeness (QED) is 0.337. The van der Waals surface area contributed by atoms with Crippen LogP contribution in [0.25, 0.3) is 28.0 Å². The second-order valence-electron chi connectivity index (χ2n) is 10.0. The van der Waals surface area contributed by atoms with Gasteiger partial charge in [0.05, 0.1) is 34.9 Å². The largest absolute Gasteiger partial charge is 0.508 e. The number of phenolic OH excluding ortho intramolecular Hbond substituents is 1. The summed E-state index contributed by atoms with van der Waals surface area (Å²) < 4.78 is 35.9. The molecule has 1 fully saturated rings. The highest BCUT2D eigenvalue weighted by Crippen LogP contribution is 2.31. The van der Waals surface area contributed by atoms with E-state index in [-0.39, 0.29) is 27.4 Å². The highest BCUT2D eigenvalue weighted by molar-refractivity contribution is 7.90. The molecule has 0 radical (unpaired) electrons. The van der Waals surface area contributed by atoms with Crippen LogP contribution in [0, 0.1) is 20.8 Å². The maximum absolute atomic E-state index is 14.1. The van der Waals surface area contributed by atoms with E-state index in [1.165, 1.54) is 29.1 Å². The maximum Gasteiger partial charge on any atom is 0.269 e. The van der Waals surface area contributed by atoms with E-state index in [9.17, 15) is 18.3 Å². The monoisotopic (exact) mass is 572 g/mol. The van der Waals surface area contributed by atoms with E-state index in [1.807, 2.05) is 18.7 Å². The van der Waals surface area contributed by atoms with Crippen molar-refractivity contribution in [2.24, 2.45) is 0 Å². The predicted octanol–water partition coefficient (Wildman–Crippen LogP) is 3.35. The number of anilines is 1. The first-order valence-electron chi connectivity index (χ1n) is 13.1. The van der Waals surface area contributed by atoms with Gasteiger partial charge in [0.1, 0.15) is 12.1 Å². The van der Waals surface area contributed by atoms with Crippen molar-refractivity contribution in [2.75, 3.05) is 31.2 Å². The van der Waals surface area contributed by atoms with Gasteiger partial charge >= 0.3 is 0 Å². The second-order valence-corrected chi connectivity index (χ2v) is 11.8. The first-order valence-corrected chi connectivity index (χ1v) is 14.5. The number of fused-ring (bicyclic) bond motifs is 1. The second kappa shape index (κ2) is 10.1. The molecule has 1 saturated heterocycles. The van der Waals surface area contributed by atoms with Crippen molar-refractivity contribution in [1.29, 1.82) is 0 Å². The van der Waals surface area contributed by atoms with E-state index in [4.69, 9.17) is 4.74 Å². The van der Waals surface area contributed by atoms with Crippen LogP contribution in [0.4, 0.5) is 5.95 Å². The standard InChI is InChI=1S/C29H28N6O5S/c1-18-4-7-22(8-5-18)41(38,39)35-24(21-15-30-29(31-16-21)33-10-12-40-13-11-33)14-23-27(35)32-17-34(28(23)37)26-19(2)6-9-25(36)20(26)3/h4-9,14-17,36H,10-13H2,1-3H3. The molecule has 1 aliphatic rings. The lowest BCUT2D eigenvalue weighted by atomic mass is 10.1. The molecule has 0 bridgehead atoms. The van der Waals surface area contributed by atoms with Gasteiger partial charge in [0, 0.05) is 36.6 Å². The molecule has 0 saturated carbocycles. The molecular weight excluding hydrogens is 544 g/mol. The van der Waals surface area contributed by atoms with Crippen LogP contribution in [-0.4, -0.2) is 63.3 Å². The summed E-state index contributed by atoms with van der Waals surface area (Å²) >= 11 is 0. The Bertz CT molecular complexity index is 1940. The van der Waals surface area contributed by atoms with Gasteiger partial charge < -0.3 is 14.7 Å². The number of aromatic nitrogens is 5. The third-order valence-corrected chi connectivity index (χ3v) is 9.03. The first-order chi connectivity index (χ1) is 19.7. The van der Waals surface area contributed by atoms with E-state index < -0.39 is 15.6 Å². The average molecular weight is 573 g/mol. The highest BCUT2D eigenvalue weighted by Gasteiger charge is 2.27. The summed E-state index contributed by atoms with van der Waals surface area (Å²) in [6.07, 6.45) is 4.40. The number of rotatable bonds is 5. The molecule has 0 amide bonds. The Balaban J connectivity index is 1.58. The Labute approximate surface area is 236 Å². The SMILES string of the molecule is Cc1ccc(S(=O)(=O)n2c(-c3cnc(N4CCOCC4)nc3)cc3c(=O)n(-c4c(C)ccc(O)c4C)cnc32)cc1. The van der Waals surface area contributed by atoms with Gasteiger partial charge in [0.25, 0.3) is 15.6 Å². The molecule has 41 heavy (non-hydrogen) atoms. The Morgan fingerprint density at radius 3 is 2.29 bits per heavy atom. The van der Waals surface area contributed by atoms with E-state index in [2.05, 4.69) is 15.0 Å². The van der Waals surface area contributed by atoms with Crippen LogP contribution in [0.2, 0.25) is 0 Å². The van der Waals surface area contributed by atoms with Crippen LogP contribution in [0.15, 0.2) is 70.9 Å². The molecule has 5 aromatic rings. The zero-order valence-corrected chi connectivity index (χ0v) is 23.6. The molecular formula is C29H28N6O5S. The minimum absolute atomic E-state index is 0.0189. The zero-order valence-electron chi connectivity index (χ0n) is 22.8. The Morgan fingerprint density at radius 1 is 0.927 bits per heavy atom. The number of hydrogen-bond donors (Lipinski definition) is 1. The molecule has 0 aliphatic carbocycles. The summed E-state index contributed by atoms with van der Waals surface area (Å²) in [5, 5.41) is 10.4. The summed E-state index contributed by atoms with van der Waals surface area (Å²) in [4.78, 5) is 29.4. The lowest BCUT2D eigenvalue weighted by Gasteiger charge is -2.26. The number of aryl methyl sites for hydroxylation is 2. The van der Waals surface area contributed by atoms with E-state index in [0.29, 0.717) is 49.1 Å². The van der Waals surface area contributed by atoms with Crippen molar-refractivity contribution >= 4 is 27.0 Å². The van der Waals surface area contributed by atoms with Gasteiger partial charge in [-0.2, -0.15) is 0 Å². The molecule has 0 unspecified atom stereocenters. The zero-order chi connectivity index (χ0) is 28.9. The summed E-state index contributed by atoms with van der Waals surface area (Å²) in [5.74, 6) is 0.548. The van der Waals surface area contributed by atoms with Gasteiger partial charge in [-0.15, -0.1) is 0 Å². The minimum atomic E-state index is -4.18. The predicted molar refractivity (Wildman–Crippen MR) is 154 cm³/mol. The third kappa shape index (κ3) is 4.54. The Kier molecular flexibility index (Phi) is 6.59. The first kappa shape index (κ1) is 26.7. The topological polar surface area (TPSA) is 132 Å². The van der Waals surface area contributed by atoms with Crippen LogP contribution in [0.3, 0.4) is 0 Å². The van der Waals surface area contributed by atoms with Gasteiger partial charge in [0.2, 0.25) is 5.95 Å². The lowest BCUT2D eigenvalue weighted by molar-refractivity contribution is 0.122. The average Bonchev–Trinajstić information content (AvgIpc) is 3.39. The molecule has 210 valence electrons. The molecule has 0 atom stereocenters. The molecule has 0 spiro atoms. The fraction of sp³-hybridized carbons (Fsp3) is 0.241. The van der Waals surface area contributed by atoms with Crippen LogP contribution in [0.5, 0.6) is 5.75 Å². The van der Waals surface area contributed by atoms with Gasteiger partial charge in [-0.25, -0.2) is 27.3 Å². The van der Waals surface area contributed by atoms with Gasteiger partial charge in [-0.3, -0.25) is 9.36 Å². The normalized spacial score (nSPS) is 14.1. The molecule has 1 aliphatic heterocycles. The van der Waals surface area contributed by atoms with E-state index in [1.54, 1.807) is 43.6 Å². The third-order valence-electron chi connectivity index (χ3n) is 7.31. The molecule has 6 rings (SSSR count). The number of benzene rings is 2. The highest BCUT2D eigenvalue weighted by atomic mass is 32.2.